The molecule has 1 atom stereocenters. The molecule has 3 aromatic rings. The van der Waals surface area contributed by atoms with E-state index < -0.39 is 24.0 Å². The van der Waals surface area contributed by atoms with E-state index in [1.807, 2.05) is 13.0 Å². The summed E-state index contributed by atoms with van der Waals surface area (Å²) >= 11 is 0. The average molecular weight is 465 g/mol. The molecule has 176 valence electrons. The summed E-state index contributed by atoms with van der Waals surface area (Å²) in [5.41, 5.74) is 1.07. The third kappa shape index (κ3) is 4.53. The van der Waals surface area contributed by atoms with Gasteiger partial charge in [-0.3, -0.25) is 0 Å². The number of esters is 2. The zero-order valence-electron chi connectivity index (χ0n) is 18.6. The standard InChI is InChI=1S/C23H23N5O6/c1-3-16-14(12-25-28(16)18-9-5-6-10-24-18)21(29)34-13-15-19(22(30)32-4-2)20(27-23(31)26-15)17-8-7-11-33-17/h5-12,20H,3-4,13H2,1-2H3,(H2,26,27,31). The van der Waals surface area contributed by atoms with Gasteiger partial charge in [0.05, 0.1) is 36.0 Å². The van der Waals surface area contributed by atoms with Gasteiger partial charge in [0.2, 0.25) is 0 Å². The molecule has 1 aliphatic heterocycles. The fourth-order valence-corrected chi connectivity index (χ4v) is 3.63. The highest BCUT2D eigenvalue weighted by Crippen LogP contribution is 2.28. The third-order valence-corrected chi connectivity index (χ3v) is 5.11. The Bertz CT molecular complexity index is 1220. The molecular weight excluding hydrogens is 442 g/mol. The molecule has 2 N–H and O–H groups in total. The molecule has 0 aliphatic carbocycles. The van der Waals surface area contributed by atoms with Crippen LogP contribution in [0, 0.1) is 0 Å². The first-order chi connectivity index (χ1) is 16.5. The first-order valence-corrected chi connectivity index (χ1v) is 10.7. The number of aromatic nitrogens is 3. The molecule has 0 aromatic carbocycles. The van der Waals surface area contributed by atoms with E-state index in [9.17, 15) is 14.4 Å². The van der Waals surface area contributed by atoms with Crippen LogP contribution in [-0.2, 0) is 20.7 Å². The molecule has 11 nitrogen and oxygen atoms in total. The highest BCUT2D eigenvalue weighted by atomic mass is 16.5. The summed E-state index contributed by atoms with van der Waals surface area (Å²) in [6, 6.07) is 7.17. The molecule has 34 heavy (non-hydrogen) atoms. The number of hydrogen-bond donors (Lipinski definition) is 2. The third-order valence-electron chi connectivity index (χ3n) is 5.11. The summed E-state index contributed by atoms with van der Waals surface area (Å²) in [6.45, 7) is 3.31. The number of ether oxygens (including phenoxy) is 2. The van der Waals surface area contributed by atoms with Crippen LogP contribution >= 0.6 is 0 Å². The normalized spacial score (nSPS) is 15.5. The molecule has 3 aromatic heterocycles. The van der Waals surface area contributed by atoms with Crippen LogP contribution < -0.4 is 10.6 Å². The predicted molar refractivity (Wildman–Crippen MR) is 118 cm³/mol. The van der Waals surface area contributed by atoms with Crippen LogP contribution in [0.1, 0.15) is 41.7 Å². The predicted octanol–water partition coefficient (Wildman–Crippen LogP) is 2.45. The van der Waals surface area contributed by atoms with Crippen molar-refractivity contribution in [1.82, 2.24) is 25.4 Å². The molecule has 0 saturated heterocycles. The zero-order valence-corrected chi connectivity index (χ0v) is 18.6. The van der Waals surface area contributed by atoms with Gasteiger partial charge in [-0.1, -0.05) is 13.0 Å². The highest BCUT2D eigenvalue weighted by Gasteiger charge is 2.36. The summed E-state index contributed by atoms with van der Waals surface area (Å²) in [5, 5.41) is 9.45. The summed E-state index contributed by atoms with van der Waals surface area (Å²) in [7, 11) is 0. The van der Waals surface area contributed by atoms with Gasteiger partial charge in [0, 0.05) is 6.20 Å². The number of furan rings is 1. The second-order valence-corrected chi connectivity index (χ2v) is 7.19. The summed E-state index contributed by atoms with van der Waals surface area (Å²) in [4.78, 5) is 42.2. The number of carbonyl (C=O) groups excluding carboxylic acids is 3. The average Bonchev–Trinajstić information content (AvgIpc) is 3.53. The van der Waals surface area contributed by atoms with Crippen molar-refractivity contribution in [1.29, 1.82) is 0 Å². The molecular formula is C23H23N5O6. The van der Waals surface area contributed by atoms with Crippen LogP contribution in [0.5, 0.6) is 0 Å². The van der Waals surface area contributed by atoms with Gasteiger partial charge in [0.25, 0.3) is 0 Å². The van der Waals surface area contributed by atoms with E-state index >= 15 is 0 Å². The SMILES string of the molecule is CCOC(=O)C1=C(COC(=O)c2cnn(-c3ccccn3)c2CC)NC(=O)NC1c1ccco1. The smallest absolute Gasteiger partial charge is 0.342 e. The van der Waals surface area contributed by atoms with Crippen molar-refractivity contribution < 1.29 is 28.3 Å². The Labute approximate surface area is 194 Å². The number of amides is 2. The Morgan fingerprint density at radius 2 is 2.00 bits per heavy atom. The first-order valence-electron chi connectivity index (χ1n) is 10.7. The lowest BCUT2D eigenvalue weighted by molar-refractivity contribution is -0.139. The van der Waals surface area contributed by atoms with E-state index in [0.29, 0.717) is 23.7 Å². The van der Waals surface area contributed by atoms with Crippen molar-refractivity contribution in [2.24, 2.45) is 0 Å². The molecule has 0 spiro atoms. The summed E-state index contributed by atoms with van der Waals surface area (Å²) < 4.78 is 17.6. The quantitative estimate of drug-likeness (QED) is 0.484. The number of carbonyl (C=O) groups is 3. The maximum Gasteiger partial charge on any atom is 0.342 e. The molecule has 0 fully saturated rings. The van der Waals surface area contributed by atoms with Gasteiger partial charge < -0.3 is 24.5 Å². The fourth-order valence-electron chi connectivity index (χ4n) is 3.63. The Morgan fingerprint density at radius 1 is 1.15 bits per heavy atom. The molecule has 1 aliphatic rings. The first kappa shape index (κ1) is 22.8. The Morgan fingerprint density at radius 3 is 2.68 bits per heavy atom. The van der Waals surface area contributed by atoms with Gasteiger partial charge in [-0.2, -0.15) is 5.10 Å². The lowest BCUT2D eigenvalue weighted by atomic mass is 10.0. The van der Waals surface area contributed by atoms with E-state index in [1.165, 1.54) is 12.5 Å². The minimum atomic E-state index is -0.894. The molecule has 0 radical (unpaired) electrons. The Hall–Kier alpha value is -4.41. The lowest BCUT2D eigenvalue weighted by Gasteiger charge is -2.27. The summed E-state index contributed by atoms with van der Waals surface area (Å²) in [6.07, 6.45) is 4.97. The monoisotopic (exact) mass is 465 g/mol. The molecule has 11 heteroatoms. The van der Waals surface area contributed by atoms with Gasteiger partial charge in [-0.25, -0.2) is 24.0 Å². The van der Waals surface area contributed by atoms with Crippen molar-refractivity contribution in [2.45, 2.75) is 26.3 Å². The number of pyridine rings is 1. The minimum absolute atomic E-state index is 0.0871. The lowest BCUT2D eigenvalue weighted by Crippen LogP contribution is -2.47. The van der Waals surface area contributed by atoms with Crippen molar-refractivity contribution in [2.75, 3.05) is 13.2 Å². The number of rotatable bonds is 8. The van der Waals surface area contributed by atoms with Crippen LogP contribution in [0.15, 0.2) is 64.7 Å². The topological polar surface area (TPSA) is 138 Å². The van der Waals surface area contributed by atoms with Crippen molar-refractivity contribution in [3.63, 3.8) is 0 Å². The zero-order chi connectivity index (χ0) is 24.1. The molecule has 1 unspecified atom stereocenters. The van der Waals surface area contributed by atoms with Crippen molar-refractivity contribution in [3.8, 4) is 5.82 Å². The van der Waals surface area contributed by atoms with Crippen molar-refractivity contribution in [3.05, 3.63) is 77.3 Å². The van der Waals surface area contributed by atoms with Crippen LogP contribution in [0.2, 0.25) is 0 Å². The van der Waals surface area contributed by atoms with Gasteiger partial charge in [-0.05, 0) is 37.6 Å². The number of nitrogens with one attached hydrogen (secondary N) is 2. The summed E-state index contributed by atoms with van der Waals surface area (Å²) in [5.74, 6) is -0.416. The maximum absolute atomic E-state index is 12.9. The van der Waals surface area contributed by atoms with Gasteiger partial charge in [0.15, 0.2) is 5.82 Å². The Balaban J connectivity index is 1.61. The van der Waals surface area contributed by atoms with Gasteiger partial charge in [-0.15, -0.1) is 0 Å². The van der Waals surface area contributed by atoms with Crippen molar-refractivity contribution >= 4 is 18.0 Å². The molecule has 0 bridgehead atoms. The van der Waals surface area contributed by atoms with E-state index in [0.717, 1.165) is 0 Å². The van der Waals surface area contributed by atoms with Gasteiger partial charge >= 0.3 is 18.0 Å². The van der Waals surface area contributed by atoms with Gasteiger partial charge in [0.1, 0.15) is 24.0 Å². The second kappa shape index (κ2) is 10.0. The highest BCUT2D eigenvalue weighted by molar-refractivity contribution is 5.95. The van der Waals surface area contributed by atoms with E-state index in [4.69, 9.17) is 13.9 Å². The second-order valence-electron chi connectivity index (χ2n) is 7.19. The van der Waals surface area contributed by atoms with E-state index in [1.54, 1.807) is 42.1 Å². The molecule has 4 heterocycles. The van der Waals surface area contributed by atoms with Crippen LogP contribution in [-0.4, -0.2) is 45.9 Å². The number of urea groups is 1. The van der Waals surface area contributed by atoms with Crippen LogP contribution in [0.25, 0.3) is 5.82 Å². The Kier molecular flexibility index (Phi) is 6.72. The molecule has 4 rings (SSSR count). The maximum atomic E-state index is 12.9. The molecule has 2 amide bonds. The fraction of sp³-hybridized carbons (Fsp3) is 0.261. The number of nitrogens with zero attached hydrogens (tertiary/aromatic N) is 3. The minimum Gasteiger partial charge on any atom is -0.467 e. The largest absolute Gasteiger partial charge is 0.467 e. The van der Waals surface area contributed by atoms with Crippen LogP contribution in [0.3, 0.4) is 0 Å². The van der Waals surface area contributed by atoms with Crippen LogP contribution in [0.4, 0.5) is 4.79 Å². The van der Waals surface area contributed by atoms with E-state index in [2.05, 4.69) is 20.7 Å². The number of hydrogen-bond acceptors (Lipinski definition) is 8. The molecule has 0 saturated carbocycles. The van der Waals surface area contributed by atoms with E-state index in [-0.39, 0.29) is 30.0 Å².